The molecular formula is C20H19F3N6O3S. The maximum Gasteiger partial charge on any atom is 0.272 e. The van der Waals surface area contributed by atoms with Crippen LogP contribution >= 0.6 is 0 Å². The quantitative estimate of drug-likeness (QED) is 0.413. The number of halogens is 3. The lowest BCUT2D eigenvalue weighted by Gasteiger charge is -2.19. The first-order valence-electron chi connectivity index (χ1n) is 9.69. The fourth-order valence-electron chi connectivity index (χ4n) is 3.22. The van der Waals surface area contributed by atoms with E-state index in [0.717, 1.165) is 16.4 Å². The topological polar surface area (TPSA) is 103 Å². The highest BCUT2D eigenvalue weighted by atomic mass is 32.2. The number of hydrogen-bond acceptors (Lipinski definition) is 7. The average Bonchev–Trinajstić information content (AvgIpc) is 3.39. The minimum Gasteiger partial charge on any atom is -0.487 e. The summed E-state index contributed by atoms with van der Waals surface area (Å²) < 4.78 is 69.8. The molecule has 33 heavy (non-hydrogen) atoms. The van der Waals surface area contributed by atoms with Gasteiger partial charge in [-0.3, -0.25) is 0 Å². The minimum absolute atomic E-state index is 0.135. The summed E-state index contributed by atoms with van der Waals surface area (Å²) in [6.07, 6.45) is 4.29. The molecule has 9 nitrogen and oxygen atoms in total. The van der Waals surface area contributed by atoms with E-state index in [1.54, 1.807) is 19.2 Å². The Morgan fingerprint density at radius 1 is 1.18 bits per heavy atom. The molecule has 4 rings (SSSR count). The molecule has 1 unspecified atom stereocenters. The van der Waals surface area contributed by atoms with Crippen molar-refractivity contribution in [3.05, 3.63) is 60.4 Å². The first-order valence-corrected chi connectivity index (χ1v) is 11.5. The molecular weight excluding hydrogens is 461 g/mol. The van der Waals surface area contributed by atoms with Crippen LogP contribution in [0.4, 0.5) is 19.0 Å². The number of nitrogens with zero attached hydrogens (tertiary/aromatic N) is 5. The number of benzene rings is 1. The van der Waals surface area contributed by atoms with Crippen LogP contribution < -0.4 is 10.1 Å². The Hall–Kier alpha value is -3.61. The van der Waals surface area contributed by atoms with Gasteiger partial charge < -0.3 is 10.1 Å². The number of anilines is 1. The molecule has 0 bridgehead atoms. The summed E-state index contributed by atoms with van der Waals surface area (Å²) in [5, 5.41) is 11.2. The lowest BCUT2D eigenvalue weighted by molar-refractivity contribution is 0.0813. The van der Waals surface area contributed by atoms with Gasteiger partial charge in [0.25, 0.3) is 16.4 Å². The molecule has 0 saturated heterocycles. The van der Waals surface area contributed by atoms with E-state index in [0.29, 0.717) is 28.2 Å². The minimum atomic E-state index is -3.54. The molecule has 4 aromatic rings. The van der Waals surface area contributed by atoms with E-state index in [4.69, 9.17) is 4.74 Å². The molecule has 3 heterocycles. The molecule has 1 aromatic carbocycles. The monoisotopic (exact) mass is 480 g/mol. The molecule has 0 aliphatic heterocycles. The van der Waals surface area contributed by atoms with Crippen LogP contribution in [0.2, 0.25) is 0 Å². The van der Waals surface area contributed by atoms with Crippen LogP contribution in [0, 0.1) is 5.82 Å². The molecule has 174 valence electrons. The SMILES string of the molecule is CC(Nc1ccn2ncc(-c3cnn(S(C)(=O)=O)c3)c2n1)c1cc(F)ccc1OCC(F)F. The van der Waals surface area contributed by atoms with Crippen LogP contribution in [0.5, 0.6) is 5.75 Å². The first kappa shape index (κ1) is 22.6. The van der Waals surface area contributed by atoms with Gasteiger partial charge in [0.1, 0.15) is 24.0 Å². The molecule has 0 aliphatic rings. The van der Waals surface area contributed by atoms with Gasteiger partial charge in [-0.05, 0) is 31.2 Å². The summed E-state index contributed by atoms with van der Waals surface area (Å²) in [7, 11) is -3.54. The van der Waals surface area contributed by atoms with Crippen LogP contribution in [0.15, 0.2) is 49.1 Å². The second kappa shape index (κ2) is 8.73. The van der Waals surface area contributed by atoms with E-state index in [9.17, 15) is 21.6 Å². The van der Waals surface area contributed by atoms with Crippen molar-refractivity contribution in [2.45, 2.75) is 19.4 Å². The molecule has 0 fully saturated rings. The summed E-state index contributed by atoms with van der Waals surface area (Å²) in [6.45, 7) is 0.902. The van der Waals surface area contributed by atoms with Gasteiger partial charge in [-0.1, -0.05) is 0 Å². The highest BCUT2D eigenvalue weighted by molar-refractivity contribution is 7.89. The average molecular weight is 480 g/mol. The normalized spacial score (nSPS) is 12.9. The standard InChI is InChI=1S/C20H19F3N6O3S/c1-12(15-7-14(21)3-4-17(15)32-11-18(22)23)26-19-5-6-28-20(27-19)16(9-24-28)13-8-25-29(10-13)33(2,30)31/h3-10,12,18H,11H2,1-2H3,(H,26,27). The summed E-state index contributed by atoms with van der Waals surface area (Å²) in [4.78, 5) is 4.52. The summed E-state index contributed by atoms with van der Waals surface area (Å²) in [6, 6.07) is 4.75. The Bertz CT molecular complexity index is 1400. The number of aromatic nitrogens is 5. The zero-order valence-corrected chi connectivity index (χ0v) is 18.3. The zero-order valence-electron chi connectivity index (χ0n) is 17.5. The zero-order chi connectivity index (χ0) is 23.8. The Morgan fingerprint density at radius 2 is 1.97 bits per heavy atom. The smallest absolute Gasteiger partial charge is 0.272 e. The van der Waals surface area contributed by atoms with E-state index in [1.807, 2.05) is 0 Å². The largest absolute Gasteiger partial charge is 0.487 e. The van der Waals surface area contributed by atoms with Crippen LogP contribution in [-0.4, -0.2) is 51.5 Å². The van der Waals surface area contributed by atoms with Gasteiger partial charge in [-0.25, -0.2) is 31.1 Å². The van der Waals surface area contributed by atoms with Crippen molar-refractivity contribution in [3.8, 4) is 16.9 Å². The predicted molar refractivity (Wildman–Crippen MR) is 114 cm³/mol. The maximum absolute atomic E-state index is 13.8. The Morgan fingerprint density at radius 3 is 2.67 bits per heavy atom. The van der Waals surface area contributed by atoms with Gasteiger partial charge in [0.2, 0.25) is 0 Å². The lowest BCUT2D eigenvalue weighted by Crippen LogP contribution is -2.13. The molecule has 1 atom stereocenters. The van der Waals surface area contributed by atoms with Crippen molar-refractivity contribution in [1.82, 2.24) is 23.8 Å². The highest BCUT2D eigenvalue weighted by Crippen LogP contribution is 2.30. The van der Waals surface area contributed by atoms with Gasteiger partial charge >= 0.3 is 0 Å². The number of fused-ring (bicyclic) bond motifs is 1. The summed E-state index contributed by atoms with van der Waals surface area (Å²) in [5.41, 5.74) is 1.82. The first-order chi connectivity index (χ1) is 15.6. The predicted octanol–water partition coefficient (Wildman–Crippen LogP) is 3.36. The number of rotatable bonds is 8. The van der Waals surface area contributed by atoms with Gasteiger partial charge in [0.05, 0.1) is 30.9 Å². The third-order valence-electron chi connectivity index (χ3n) is 4.75. The highest BCUT2D eigenvalue weighted by Gasteiger charge is 2.17. The van der Waals surface area contributed by atoms with Crippen LogP contribution in [0.1, 0.15) is 18.5 Å². The van der Waals surface area contributed by atoms with Gasteiger partial charge in [0.15, 0.2) is 5.65 Å². The molecule has 3 aromatic heterocycles. The molecule has 0 saturated carbocycles. The van der Waals surface area contributed by atoms with E-state index in [1.165, 1.54) is 35.2 Å². The number of ether oxygens (including phenoxy) is 1. The molecule has 0 amide bonds. The van der Waals surface area contributed by atoms with Crippen molar-refractivity contribution >= 4 is 21.5 Å². The van der Waals surface area contributed by atoms with Crippen LogP contribution in [0.3, 0.4) is 0 Å². The third-order valence-corrected chi connectivity index (χ3v) is 5.63. The number of hydrogen-bond donors (Lipinski definition) is 1. The summed E-state index contributed by atoms with van der Waals surface area (Å²) >= 11 is 0. The number of alkyl halides is 2. The van der Waals surface area contributed by atoms with Gasteiger partial charge in [-0.15, -0.1) is 0 Å². The van der Waals surface area contributed by atoms with Crippen molar-refractivity contribution in [3.63, 3.8) is 0 Å². The second-order valence-electron chi connectivity index (χ2n) is 7.25. The van der Waals surface area contributed by atoms with Crippen molar-refractivity contribution < 1.29 is 26.3 Å². The van der Waals surface area contributed by atoms with Crippen LogP contribution in [0.25, 0.3) is 16.8 Å². The summed E-state index contributed by atoms with van der Waals surface area (Å²) in [5.74, 6) is -0.000224. The molecule has 0 aliphatic carbocycles. The van der Waals surface area contributed by atoms with Crippen molar-refractivity contribution in [2.24, 2.45) is 0 Å². The van der Waals surface area contributed by atoms with Crippen molar-refractivity contribution in [1.29, 1.82) is 0 Å². The Kier molecular flexibility index (Phi) is 5.97. The molecule has 0 spiro atoms. The van der Waals surface area contributed by atoms with Gasteiger partial charge in [-0.2, -0.15) is 14.3 Å². The Labute approximate surface area is 186 Å². The maximum atomic E-state index is 13.8. The fourth-order valence-corrected chi connectivity index (χ4v) is 3.74. The number of nitrogens with one attached hydrogen (secondary N) is 1. The van der Waals surface area contributed by atoms with Crippen molar-refractivity contribution in [2.75, 3.05) is 18.2 Å². The molecule has 13 heteroatoms. The third kappa shape index (κ3) is 4.92. The molecule has 1 N–H and O–H groups in total. The van der Waals surface area contributed by atoms with E-state index in [-0.39, 0.29) is 5.75 Å². The fraction of sp³-hybridized carbons (Fsp3) is 0.250. The Balaban J connectivity index is 1.63. The lowest BCUT2D eigenvalue weighted by atomic mass is 10.1. The van der Waals surface area contributed by atoms with E-state index < -0.39 is 34.9 Å². The molecule has 0 radical (unpaired) electrons. The van der Waals surface area contributed by atoms with Gasteiger partial charge in [0, 0.05) is 22.9 Å². The second-order valence-corrected chi connectivity index (χ2v) is 9.09. The van der Waals surface area contributed by atoms with E-state index >= 15 is 0 Å². The van der Waals surface area contributed by atoms with Crippen LogP contribution in [-0.2, 0) is 10.0 Å². The van der Waals surface area contributed by atoms with E-state index in [2.05, 4.69) is 20.5 Å².